The van der Waals surface area contributed by atoms with Gasteiger partial charge in [-0.2, -0.15) is 0 Å². The number of nitrogens with zero attached hydrogens (tertiary/aromatic N) is 1. The Morgan fingerprint density at radius 2 is 0.914 bits per heavy atom. The fourth-order valence-electron chi connectivity index (χ4n) is 4.48. The molecule has 0 aliphatic carbocycles. The van der Waals surface area contributed by atoms with Gasteiger partial charge in [-0.05, 0) is 12.5 Å². The van der Waals surface area contributed by atoms with Crippen molar-refractivity contribution in [1.29, 1.82) is 0 Å². The van der Waals surface area contributed by atoms with Crippen molar-refractivity contribution in [2.75, 3.05) is 0 Å². The van der Waals surface area contributed by atoms with E-state index in [0.29, 0.717) is 0 Å². The predicted octanol–water partition coefficient (Wildman–Crippen LogP) is 7.76. The summed E-state index contributed by atoms with van der Waals surface area (Å²) in [7, 11) is 0. The first-order chi connectivity index (χ1) is 17.3. The Hall–Kier alpha value is -4.43. The van der Waals surface area contributed by atoms with Gasteiger partial charge in [-0.3, -0.25) is 0 Å². The van der Waals surface area contributed by atoms with Crippen LogP contribution in [-0.4, -0.2) is 5.71 Å². The number of rotatable bonds is 7. The van der Waals surface area contributed by atoms with E-state index in [-0.39, 0.29) is 0 Å². The van der Waals surface area contributed by atoms with Crippen molar-refractivity contribution < 1.29 is 4.84 Å². The van der Waals surface area contributed by atoms with Crippen molar-refractivity contribution >= 4 is 5.71 Å². The average molecular weight is 454 g/mol. The molecule has 35 heavy (non-hydrogen) atoms. The smallest absolute Gasteiger partial charge is 0.212 e. The van der Waals surface area contributed by atoms with E-state index in [1.54, 1.807) is 0 Å². The molecule has 5 aromatic carbocycles. The second-order valence-corrected chi connectivity index (χ2v) is 8.49. The molecule has 170 valence electrons. The zero-order valence-corrected chi connectivity index (χ0v) is 19.7. The summed E-state index contributed by atoms with van der Waals surface area (Å²) in [6, 6.07) is 49.5. The molecule has 0 saturated carbocycles. The molecule has 0 aromatic heterocycles. The lowest BCUT2D eigenvalue weighted by atomic mass is 9.80. The molecule has 0 amide bonds. The molecule has 0 heterocycles. The summed E-state index contributed by atoms with van der Waals surface area (Å²) in [6.07, 6.45) is 0. The Balaban J connectivity index is 1.76. The zero-order valence-electron chi connectivity index (χ0n) is 19.7. The third-order valence-electron chi connectivity index (χ3n) is 6.26. The van der Waals surface area contributed by atoms with Gasteiger partial charge in [0.2, 0.25) is 5.60 Å². The van der Waals surface area contributed by atoms with Gasteiger partial charge in [0.25, 0.3) is 0 Å². The van der Waals surface area contributed by atoms with Crippen LogP contribution in [0.5, 0.6) is 0 Å². The molecule has 2 heteroatoms. The van der Waals surface area contributed by atoms with Crippen LogP contribution in [0.25, 0.3) is 0 Å². The van der Waals surface area contributed by atoms with Crippen molar-refractivity contribution in [2.45, 2.75) is 12.5 Å². The van der Waals surface area contributed by atoms with Crippen LogP contribution in [0.3, 0.4) is 0 Å². The van der Waals surface area contributed by atoms with Crippen LogP contribution >= 0.6 is 0 Å². The molecule has 0 aliphatic heterocycles. The van der Waals surface area contributed by atoms with Crippen LogP contribution in [0, 0.1) is 6.92 Å². The van der Waals surface area contributed by atoms with E-state index < -0.39 is 5.60 Å². The highest BCUT2D eigenvalue weighted by atomic mass is 16.7. The first kappa shape index (κ1) is 22.4. The first-order valence-corrected chi connectivity index (χ1v) is 11.8. The van der Waals surface area contributed by atoms with E-state index in [1.807, 2.05) is 84.9 Å². The number of oxime groups is 1. The lowest BCUT2D eigenvalue weighted by Crippen LogP contribution is -2.31. The summed E-state index contributed by atoms with van der Waals surface area (Å²) in [5.74, 6) is 0. The largest absolute Gasteiger partial charge is 0.374 e. The van der Waals surface area contributed by atoms with Gasteiger partial charge in [-0.25, -0.2) is 0 Å². The Kier molecular flexibility index (Phi) is 6.54. The molecule has 0 N–H and O–H groups in total. The van der Waals surface area contributed by atoms with Gasteiger partial charge >= 0.3 is 0 Å². The third kappa shape index (κ3) is 4.51. The standard InChI is InChI=1S/C33H27NO/c1-26-16-14-15-25-31(26)32(27-17-6-2-7-18-27)34-35-33(28-19-8-3-9-20-28,29-21-10-4-11-22-29)30-23-12-5-13-24-30/h2-25H,1H3. The number of hydrogen-bond donors (Lipinski definition) is 0. The molecule has 0 radical (unpaired) electrons. The van der Waals surface area contributed by atoms with Gasteiger partial charge in [0.05, 0.1) is 0 Å². The van der Waals surface area contributed by atoms with Crippen LogP contribution in [-0.2, 0) is 10.4 Å². The van der Waals surface area contributed by atoms with Crippen molar-refractivity contribution in [2.24, 2.45) is 5.16 Å². The highest BCUT2D eigenvalue weighted by Crippen LogP contribution is 2.41. The number of hydrogen-bond acceptors (Lipinski definition) is 2. The summed E-state index contributed by atoms with van der Waals surface area (Å²) in [6.45, 7) is 2.10. The molecule has 2 nitrogen and oxygen atoms in total. The topological polar surface area (TPSA) is 21.6 Å². The van der Waals surface area contributed by atoms with E-state index in [0.717, 1.165) is 39.1 Å². The first-order valence-electron chi connectivity index (χ1n) is 11.8. The van der Waals surface area contributed by atoms with Gasteiger partial charge in [0.15, 0.2) is 0 Å². The van der Waals surface area contributed by atoms with Gasteiger partial charge < -0.3 is 4.84 Å². The molecular weight excluding hydrogens is 426 g/mol. The Morgan fingerprint density at radius 3 is 1.37 bits per heavy atom. The molecule has 0 saturated heterocycles. The van der Waals surface area contributed by atoms with Crippen molar-refractivity contribution in [3.05, 3.63) is 179 Å². The normalized spacial score (nSPS) is 11.7. The molecule has 0 atom stereocenters. The maximum absolute atomic E-state index is 6.80. The molecule has 0 spiro atoms. The minimum atomic E-state index is -0.924. The van der Waals surface area contributed by atoms with Crippen molar-refractivity contribution in [3.8, 4) is 0 Å². The van der Waals surface area contributed by atoms with E-state index >= 15 is 0 Å². The van der Waals surface area contributed by atoms with E-state index in [1.165, 1.54) is 0 Å². The monoisotopic (exact) mass is 453 g/mol. The lowest BCUT2D eigenvalue weighted by Gasteiger charge is -2.33. The average Bonchev–Trinajstić information content (AvgIpc) is 2.94. The zero-order chi connectivity index (χ0) is 23.9. The van der Waals surface area contributed by atoms with Crippen LogP contribution < -0.4 is 0 Å². The van der Waals surface area contributed by atoms with Gasteiger partial charge in [-0.15, -0.1) is 0 Å². The fraction of sp³-hybridized carbons (Fsp3) is 0.0606. The quantitative estimate of drug-likeness (QED) is 0.140. The van der Waals surface area contributed by atoms with Gasteiger partial charge in [0, 0.05) is 27.8 Å². The van der Waals surface area contributed by atoms with Gasteiger partial charge in [0.1, 0.15) is 5.71 Å². The summed E-state index contributed by atoms with van der Waals surface area (Å²) in [5.41, 5.74) is 6.10. The molecular formula is C33H27NO. The highest BCUT2D eigenvalue weighted by molar-refractivity contribution is 6.13. The maximum Gasteiger partial charge on any atom is 0.212 e. The second kappa shape index (κ2) is 10.2. The fourth-order valence-corrected chi connectivity index (χ4v) is 4.48. The summed E-state index contributed by atoms with van der Waals surface area (Å²) < 4.78 is 0. The lowest BCUT2D eigenvalue weighted by molar-refractivity contribution is 0.0174. The molecule has 0 unspecified atom stereocenters. The van der Waals surface area contributed by atoms with E-state index in [2.05, 4.69) is 67.6 Å². The third-order valence-corrected chi connectivity index (χ3v) is 6.26. The molecule has 0 aliphatic rings. The number of aryl methyl sites for hydroxylation is 1. The highest BCUT2D eigenvalue weighted by Gasteiger charge is 2.39. The summed E-state index contributed by atoms with van der Waals surface area (Å²) >= 11 is 0. The maximum atomic E-state index is 6.80. The van der Waals surface area contributed by atoms with Crippen LogP contribution in [0.2, 0.25) is 0 Å². The summed E-state index contributed by atoms with van der Waals surface area (Å²) in [4.78, 5) is 6.80. The molecule has 0 bridgehead atoms. The van der Waals surface area contributed by atoms with E-state index in [4.69, 9.17) is 9.99 Å². The Morgan fingerprint density at radius 1 is 0.514 bits per heavy atom. The Labute approximate surface area is 207 Å². The van der Waals surface area contributed by atoms with Crippen LogP contribution in [0.4, 0.5) is 0 Å². The number of benzene rings is 5. The second-order valence-electron chi connectivity index (χ2n) is 8.49. The Bertz CT molecular complexity index is 1300. The van der Waals surface area contributed by atoms with Crippen molar-refractivity contribution in [1.82, 2.24) is 0 Å². The van der Waals surface area contributed by atoms with Gasteiger partial charge in [-0.1, -0.05) is 151 Å². The predicted molar refractivity (Wildman–Crippen MR) is 144 cm³/mol. The van der Waals surface area contributed by atoms with Crippen LogP contribution in [0.15, 0.2) is 151 Å². The SMILES string of the molecule is Cc1ccccc1C(=NOC(c1ccccc1)(c1ccccc1)c1ccccc1)c1ccccc1. The van der Waals surface area contributed by atoms with E-state index in [9.17, 15) is 0 Å². The minimum Gasteiger partial charge on any atom is -0.374 e. The molecule has 0 fully saturated rings. The molecule has 5 rings (SSSR count). The van der Waals surface area contributed by atoms with Crippen molar-refractivity contribution in [3.63, 3.8) is 0 Å². The van der Waals surface area contributed by atoms with Crippen LogP contribution in [0.1, 0.15) is 33.4 Å². The summed E-state index contributed by atoms with van der Waals surface area (Å²) in [5, 5.41) is 4.94. The molecule has 5 aromatic rings. The minimum absolute atomic E-state index is 0.802.